The van der Waals surface area contributed by atoms with Crippen molar-refractivity contribution >= 4 is 0 Å². The molecule has 7 nitrogen and oxygen atoms in total. The number of terminal acetylenes is 1. The van der Waals surface area contributed by atoms with Crippen LogP contribution in [-0.2, 0) is 18.9 Å². The van der Waals surface area contributed by atoms with Crippen LogP contribution in [0.4, 0.5) is 0 Å². The highest BCUT2D eigenvalue weighted by Crippen LogP contribution is 2.01. The lowest BCUT2D eigenvalue weighted by molar-refractivity contribution is -0.00257. The van der Waals surface area contributed by atoms with Crippen molar-refractivity contribution in [2.24, 2.45) is 5.73 Å². The van der Waals surface area contributed by atoms with Crippen LogP contribution in [0, 0.1) is 12.3 Å². The molecule has 0 amide bonds. The summed E-state index contributed by atoms with van der Waals surface area (Å²) >= 11 is 0. The van der Waals surface area contributed by atoms with Gasteiger partial charge in [-0.25, -0.2) is 0 Å². The predicted octanol–water partition coefficient (Wildman–Crippen LogP) is -0.348. The number of piperazine rings is 1. The Labute approximate surface area is 152 Å². The average molecular weight is 357 g/mol. The Kier molecular flexibility index (Phi) is 14.9. The third-order valence-electron chi connectivity index (χ3n) is 4.00. The number of nitrogens with two attached hydrogens (primary N) is 1. The van der Waals surface area contributed by atoms with E-state index >= 15 is 0 Å². The minimum Gasteiger partial charge on any atom is -0.378 e. The molecule has 0 radical (unpaired) electrons. The maximum absolute atomic E-state index is 5.62. The fraction of sp³-hybridized carbons (Fsp3) is 0.889. The van der Waals surface area contributed by atoms with Gasteiger partial charge in [0.1, 0.15) is 6.61 Å². The first-order chi connectivity index (χ1) is 12.4. The predicted molar refractivity (Wildman–Crippen MR) is 98.7 cm³/mol. The average Bonchev–Trinajstić information content (AvgIpc) is 2.65. The first-order valence-electron chi connectivity index (χ1n) is 9.26. The van der Waals surface area contributed by atoms with Crippen LogP contribution >= 0.6 is 0 Å². The van der Waals surface area contributed by atoms with Crippen molar-refractivity contribution in [3.63, 3.8) is 0 Å². The van der Waals surface area contributed by atoms with Crippen LogP contribution in [0.1, 0.15) is 6.42 Å². The molecule has 7 heteroatoms. The van der Waals surface area contributed by atoms with Gasteiger partial charge in [0.25, 0.3) is 0 Å². The molecular formula is C18H35N3O4. The normalized spacial score (nSPS) is 16.2. The van der Waals surface area contributed by atoms with E-state index in [4.69, 9.17) is 31.1 Å². The Morgan fingerprint density at radius 2 is 1.20 bits per heavy atom. The highest BCUT2D eigenvalue weighted by atomic mass is 16.6. The molecule has 0 aromatic carbocycles. The molecule has 1 rings (SSSR count). The molecule has 0 aromatic heterocycles. The van der Waals surface area contributed by atoms with Crippen LogP contribution in [0.25, 0.3) is 0 Å². The Bertz CT molecular complexity index is 331. The third kappa shape index (κ3) is 13.2. The molecule has 1 aliphatic rings. The number of hydrogen-bond donors (Lipinski definition) is 1. The molecule has 0 atom stereocenters. The van der Waals surface area contributed by atoms with Gasteiger partial charge < -0.3 is 29.6 Å². The summed E-state index contributed by atoms with van der Waals surface area (Å²) in [4.78, 5) is 4.94. The summed E-state index contributed by atoms with van der Waals surface area (Å²) in [5, 5.41) is 0. The minimum absolute atomic E-state index is 0.334. The van der Waals surface area contributed by atoms with E-state index in [1.54, 1.807) is 0 Å². The van der Waals surface area contributed by atoms with Gasteiger partial charge >= 0.3 is 0 Å². The standard InChI is InChI=1S/C18H35N3O4/c1-2-11-22-13-15-24-17-18-25-16-14-23-12-10-21-8-6-20(7-9-21)5-3-4-19/h1H,3-19H2. The molecule has 1 fully saturated rings. The zero-order chi connectivity index (χ0) is 18.0. The molecule has 2 N–H and O–H groups in total. The van der Waals surface area contributed by atoms with Gasteiger partial charge in [0, 0.05) is 32.7 Å². The van der Waals surface area contributed by atoms with Gasteiger partial charge in [0.2, 0.25) is 0 Å². The largest absolute Gasteiger partial charge is 0.378 e. The molecule has 0 unspecified atom stereocenters. The van der Waals surface area contributed by atoms with Gasteiger partial charge in [0.15, 0.2) is 0 Å². The van der Waals surface area contributed by atoms with Crippen LogP contribution in [0.3, 0.4) is 0 Å². The molecule has 1 aliphatic heterocycles. The zero-order valence-corrected chi connectivity index (χ0v) is 15.5. The second-order valence-electron chi connectivity index (χ2n) is 5.92. The van der Waals surface area contributed by atoms with Gasteiger partial charge in [0.05, 0.1) is 46.2 Å². The Morgan fingerprint density at radius 3 is 1.72 bits per heavy atom. The van der Waals surface area contributed by atoms with Crippen LogP contribution in [-0.4, -0.2) is 108 Å². The second kappa shape index (κ2) is 16.7. The summed E-state index contributed by atoms with van der Waals surface area (Å²) in [5.74, 6) is 2.41. The molecule has 0 aliphatic carbocycles. The van der Waals surface area contributed by atoms with Crippen molar-refractivity contribution in [3.05, 3.63) is 0 Å². The van der Waals surface area contributed by atoms with Gasteiger partial charge in [-0.15, -0.1) is 6.42 Å². The Balaban J connectivity index is 1.77. The van der Waals surface area contributed by atoms with Gasteiger partial charge in [-0.2, -0.15) is 0 Å². The lowest BCUT2D eigenvalue weighted by Crippen LogP contribution is -2.47. The number of rotatable bonds is 16. The van der Waals surface area contributed by atoms with E-state index in [1.807, 2.05) is 0 Å². The summed E-state index contributed by atoms with van der Waals surface area (Å²) in [6.07, 6.45) is 6.16. The first kappa shape index (κ1) is 22.3. The van der Waals surface area contributed by atoms with Crippen molar-refractivity contribution in [2.75, 3.05) is 98.7 Å². The maximum atomic E-state index is 5.62. The summed E-state index contributed by atoms with van der Waals surface area (Å²) in [7, 11) is 0. The van der Waals surface area contributed by atoms with E-state index in [1.165, 1.54) is 0 Å². The lowest BCUT2D eigenvalue weighted by atomic mass is 10.3. The zero-order valence-electron chi connectivity index (χ0n) is 15.5. The molecule has 0 spiro atoms. The van der Waals surface area contributed by atoms with Crippen LogP contribution in [0.15, 0.2) is 0 Å². The highest BCUT2D eigenvalue weighted by molar-refractivity contribution is 4.82. The molecule has 146 valence electrons. The Morgan fingerprint density at radius 1 is 0.720 bits per heavy atom. The SMILES string of the molecule is C#CCOCCOCCOCCOCCN1CCN(CCCN)CC1. The summed E-state index contributed by atoms with van der Waals surface area (Å²) < 4.78 is 21.5. The quantitative estimate of drug-likeness (QED) is 0.299. The van der Waals surface area contributed by atoms with Gasteiger partial charge in [-0.05, 0) is 19.5 Å². The van der Waals surface area contributed by atoms with Gasteiger partial charge in [-0.1, -0.05) is 5.92 Å². The van der Waals surface area contributed by atoms with Crippen molar-refractivity contribution in [1.29, 1.82) is 0 Å². The second-order valence-corrected chi connectivity index (χ2v) is 5.92. The smallest absolute Gasteiger partial charge is 0.107 e. The Hall–Kier alpha value is -0.720. The molecule has 1 saturated heterocycles. The summed E-state index contributed by atoms with van der Waals surface area (Å²) in [6, 6.07) is 0. The molecule has 1 heterocycles. The van der Waals surface area contributed by atoms with E-state index < -0.39 is 0 Å². The monoisotopic (exact) mass is 357 g/mol. The highest BCUT2D eigenvalue weighted by Gasteiger charge is 2.15. The van der Waals surface area contributed by atoms with E-state index in [0.717, 1.165) is 58.8 Å². The van der Waals surface area contributed by atoms with Crippen molar-refractivity contribution < 1.29 is 18.9 Å². The van der Waals surface area contributed by atoms with Gasteiger partial charge in [-0.3, -0.25) is 4.90 Å². The molecule has 0 bridgehead atoms. The fourth-order valence-electron chi connectivity index (χ4n) is 2.54. The van der Waals surface area contributed by atoms with E-state index in [-0.39, 0.29) is 0 Å². The van der Waals surface area contributed by atoms with Crippen molar-refractivity contribution in [1.82, 2.24) is 9.80 Å². The van der Waals surface area contributed by atoms with Crippen LogP contribution in [0.5, 0.6) is 0 Å². The van der Waals surface area contributed by atoms with Crippen molar-refractivity contribution in [3.8, 4) is 12.3 Å². The molecule has 0 aromatic rings. The van der Waals surface area contributed by atoms with E-state index in [9.17, 15) is 0 Å². The van der Waals surface area contributed by atoms with E-state index in [0.29, 0.717) is 46.2 Å². The van der Waals surface area contributed by atoms with Crippen LogP contribution < -0.4 is 5.73 Å². The lowest BCUT2D eigenvalue weighted by Gasteiger charge is -2.34. The molecule has 0 saturated carbocycles. The molecular weight excluding hydrogens is 322 g/mol. The minimum atomic E-state index is 0.334. The number of hydrogen-bond acceptors (Lipinski definition) is 7. The number of ether oxygens (including phenoxy) is 4. The fourth-order valence-corrected chi connectivity index (χ4v) is 2.54. The number of nitrogens with zero attached hydrogens (tertiary/aromatic N) is 2. The first-order valence-corrected chi connectivity index (χ1v) is 9.26. The van der Waals surface area contributed by atoms with Crippen LogP contribution in [0.2, 0.25) is 0 Å². The topological polar surface area (TPSA) is 69.4 Å². The maximum Gasteiger partial charge on any atom is 0.107 e. The molecule has 25 heavy (non-hydrogen) atoms. The third-order valence-corrected chi connectivity index (χ3v) is 4.00. The summed E-state index contributed by atoms with van der Waals surface area (Å²) in [5.41, 5.74) is 5.55. The van der Waals surface area contributed by atoms with E-state index in [2.05, 4.69) is 15.7 Å². The summed E-state index contributed by atoms with van der Waals surface area (Å²) in [6.45, 7) is 11.9. The van der Waals surface area contributed by atoms with Crippen molar-refractivity contribution in [2.45, 2.75) is 6.42 Å².